The summed E-state index contributed by atoms with van der Waals surface area (Å²) in [5, 5.41) is 10.7. The summed E-state index contributed by atoms with van der Waals surface area (Å²) in [4.78, 5) is 13.2. The van der Waals surface area contributed by atoms with Crippen molar-refractivity contribution in [2.45, 2.75) is 9.96 Å². The minimum absolute atomic E-state index is 0.215. The first-order valence-corrected chi connectivity index (χ1v) is 8.82. The number of anilines is 1. The van der Waals surface area contributed by atoms with Crippen LogP contribution < -0.4 is 16.0 Å². The van der Waals surface area contributed by atoms with E-state index < -0.39 is 16.0 Å². The highest BCUT2D eigenvalue weighted by Gasteiger charge is 2.35. The van der Waals surface area contributed by atoms with Crippen molar-refractivity contribution in [3.8, 4) is 0 Å². The van der Waals surface area contributed by atoms with E-state index in [9.17, 15) is 4.79 Å². The monoisotopic (exact) mass is 418 g/mol. The van der Waals surface area contributed by atoms with E-state index in [-0.39, 0.29) is 5.11 Å². The minimum Gasteiger partial charge on any atom is -0.339 e. The van der Waals surface area contributed by atoms with Crippen molar-refractivity contribution in [1.29, 1.82) is 0 Å². The number of hydrogen-bond acceptors (Lipinski definition) is 2. The Morgan fingerprint density at radius 3 is 2.36 bits per heavy atom. The molecule has 0 aliphatic carbocycles. The topological polar surface area (TPSA) is 56.4 Å². The van der Waals surface area contributed by atoms with Crippen LogP contribution in [0.2, 0.25) is 0 Å². The second-order valence-corrected chi connectivity index (χ2v) is 8.22. The van der Waals surface area contributed by atoms with Crippen molar-refractivity contribution in [2.24, 2.45) is 0 Å². The average Bonchev–Trinajstić information content (AvgIpc) is 2.53. The van der Waals surface area contributed by atoms with Gasteiger partial charge in [-0.05, 0) is 23.7 Å². The molecule has 0 radical (unpaired) electrons. The molecule has 9 heteroatoms. The number of hydrogen-bond donors (Lipinski definition) is 3. The highest BCUT2D eigenvalue weighted by atomic mass is 35.6. The van der Waals surface area contributed by atoms with Gasteiger partial charge in [0.05, 0.1) is 0 Å². The number of alkyl halides is 3. The van der Waals surface area contributed by atoms with Crippen LogP contribution >= 0.6 is 47.0 Å². The van der Waals surface area contributed by atoms with Crippen LogP contribution in [-0.4, -0.2) is 40.1 Å². The van der Waals surface area contributed by atoms with Gasteiger partial charge in [0.25, 0.3) is 0 Å². The van der Waals surface area contributed by atoms with E-state index in [1.807, 2.05) is 42.5 Å². The summed E-state index contributed by atoms with van der Waals surface area (Å²) in [5.74, 6) is 0. The standard InChI is InChI=1S/C16H17Cl3N4OS/c1-23(2)15(24)22-13(16(17,18)19)21-14(25)20-12-9-5-7-10-6-3-4-8-11(10)12/h3-9,13H,1-2H3,(H,22,24)(H2,20,21,25)/t13-/m0/s1. The van der Waals surface area contributed by atoms with Crippen LogP contribution in [0.25, 0.3) is 10.8 Å². The highest BCUT2D eigenvalue weighted by Crippen LogP contribution is 2.29. The lowest BCUT2D eigenvalue weighted by Crippen LogP contribution is -2.57. The molecular weight excluding hydrogens is 403 g/mol. The molecule has 2 aromatic carbocycles. The number of carbonyl (C=O) groups excluding carboxylic acids is 1. The molecule has 5 nitrogen and oxygen atoms in total. The highest BCUT2D eigenvalue weighted by molar-refractivity contribution is 7.80. The first-order valence-electron chi connectivity index (χ1n) is 7.28. The SMILES string of the molecule is CN(C)C(=O)N[C@H](NC(=S)Nc1cccc2ccccc12)C(Cl)(Cl)Cl. The van der Waals surface area contributed by atoms with Gasteiger partial charge in [0, 0.05) is 25.2 Å². The van der Waals surface area contributed by atoms with E-state index in [2.05, 4.69) is 16.0 Å². The maximum Gasteiger partial charge on any atom is 0.318 e. The number of halogens is 3. The van der Waals surface area contributed by atoms with Gasteiger partial charge in [0.15, 0.2) is 11.3 Å². The summed E-state index contributed by atoms with van der Waals surface area (Å²) in [6.45, 7) is 0. The van der Waals surface area contributed by atoms with Crippen molar-refractivity contribution in [2.75, 3.05) is 19.4 Å². The molecule has 0 aliphatic rings. The molecular formula is C16H17Cl3N4OS. The predicted octanol–water partition coefficient (Wildman–Crippen LogP) is 4.09. The number of nitrogens with one attached hydrogen (secondary N) is 3. The van der Waals surface area contributed by atoms with E-state index >= 15 is 0 Å². The van der Waals surface area contributed by atoms with Gasteiger partial charge in [0.1, 0.15) is 0 Å². The molecule has 0 bridgehead atoms. The molecule has 3 N–H and O–H groups in total. The Hall–Kier alpha value is -1.47. The van der Waals surface area contributed by atoms with E-state index in [1.54, 1.807) is 14.1 Å². The molecule has 25 heavy (non-hydrogen) atoms. The fourth-order valence-electron chi connectivity index (χ4n) is 2.08. The Balaban J connectivity index is 2.14. The number of rotatable bonds is 3. The van der Waals surface area contributed by atoms with Crippen LogP contribution in [0.3, 0.4) is 0 Å². The Labute approximate surface area is 166 Å². The summed E-state index contributed by atoms with van der Waals surface area (Å²) >= 11 is 23.1. The lowest BCUT2D eigenvalue weighted by molar-refractivity contribution is 0.212. The van der Waals surface area contributed by atoms with Gasteiger partial charge in [-0.25, -0.2) is 4.79 Å². The van der Waals surface area contributed by atoms with Crippen molar-refractivity contribution in [3.63, 3.8) is 0 Å². The Bertz CT molecular complexity index is 774. The van der Waals surface area contributed by atoms with Crippen molar-refractivity contribution >= 4 is 74.6 Å². The quantitative estimate of drug-likeness (QED) is 0.398. The second-order valence-electron chi connectivity index (χ2n) is 5.44. The molecule has 0 fully saturated rings. The molecule has 2 aromatic rings. The van der Waals surface area contributed by atoms with Gasteiger partial charge in [-0.1, -0.05) is 71.2 Å². The molecule has 0 saturated carbocycles. The normalized spacial score (nSPS) is 12.4. The molecule has 1 atom stereocenters. The first kappa shape index (κ1) is 19.8. The zero-order chi connectivity index (χ0) is 18.6. The van der Waals surface area contributed by atoms with Crippen molar-refractivity contribution in [3.05, 3.63) is 42.5 Å². The molecule has 0 saturated heterocycles. The number of benzene rings is 2. The Kier molecular flexibility index (Phi) is 6.57. The van der Waals surface area contributed by atoms with Gasteiger partial charge in [-0.3, -0.25) is 0 Å². The van der Waals surface area contributed by atoms with Gasteiger partial charge in [0.2, 0.25) is 3.79 Å². The molecule has 0 unspecified atom stereocenters. The third-order valence-electron chi connectivity index (χ3n) is 3.31. The van der Waals surface area contributed by atoms with Crippen LogP contribution in [-0.2, 0) is 0 Å². The second kappa shape index (κ2) is 8.27. The first-order chi connectivity index (χ1) is 11.7. The Morgan fingerprint density at radius 1 is 1.08 bits per heavy atom. The van der Waals surface area contributed by atoms with Gasteiger partial charge in [-0.15, -0.1) is 0 Å². The fourth-order valence-corrected chi connectivity index (χ4v) is 2.63. The summed E-state index contributed by atoms with van der Waals surface area (Å²) in [5.41, 5.74) is 0.803. The molecule has 0 heterocycles. The maximum atomic E-state index is 11.8. The number of thiocarbonyl (C=S) groups is 1. The van der Waals surface area contributed by atoms with Gasteiger partial charge < -0.3 is 20.9 Å². The maximum absolute atomic E-state index is 11.8. The zero-order valence-corrected chi connectivity index (χ0v) is 16.6. The molecule has 0 aliphatic heterocycles. The molecule has 0 aromatic heterocycles. The number of urea groups is 1. The predicted molar refractivity (Wildman–Crippen MR) is 110 cm³/mol. The van der Waals surface area contributed by atoms with E-state index in [4.69, 9.17) is 47.0 Å². The largest absolute Gasteiger partial charge is 0.339 e. The lowest BCUT2D eigenvalue weighted by atomic mass is 10.1. The minimum atomic E-state index is -1.80. The average molecular weight is 420 g/mol. The van der Waals surface area contributed by atoms with Crippen molar-refractivity contribution in [1.82, 2.24) is 15.5 Å². The smallest absolute Gasteiger partial charge is 0.318 e. The number of amides is 2. The van der Waals surface area contributed by atoms with E-state index in [1.165, 1.54) is 4.90 Å². The fraction of sp³-hybridized carbons (Fsp3) is 0.250. The molecule has 134 valence electrons. The summed E-state index contributed by atoms with van der Waals surface area (Å²) in [6.07, 6.45) is -1.01. The van der Waals surface area contributed by atoms with Crippen LogP contribution in [0.4, 0.5) is 10.5 Å². The van der Waals surface area contributed by atoms with E-state index in [0.717, 1.165) is 16.5 Å². The zero-order valence-electron chi connectivity index (χ0n) is 13.5. The number of fused-ring (bicyclic) bond motifs is 1. The van der Waals surface area contributed by atoms with Crippen LogP contribution in [0.15, 0.2) is 42.5 Å². The number of nitrogens with zero attached hydrogens (tertiary/aromatic N) is 1. The molecule has 2 rings (SSSR count). The number of carbonyl (C=O) groups is 1. The third-order valence-corrected chi connectivity index (χ3v) is 4.19. The summed E-state index contributed by atoms with van der Waals surface area (Å²) in [6, 6.07) is 13.2. The van der Waals surface area contributed by atoms with Crippen molar-refractivity contribution < 1.29 is 4.79 Å². The van der Waals surface area contributed by atoms with Gasteiger partial charge in [-0.2, -0.15) is 0 Å². The molecule has 2 amide bonds. The Morgan fingerprint density at radius 2 is 1.72 bits per heavy atom. The third kappa shape index (κ3) is 5.51. The summed E-state index contributed by atoms with van der Waals surface area (Å²) < 4.78 is -1.80. The van der Waals surface area contributed by atoms with Crippen LogP contribution in [0, 0.1) is 0 Å². The molecule has 0 spiro atoms. The van der Waals surface area contributed by atoms with E-state index in [0.29, 0.717) is 0 Å². The van der Waals surface area contributed by atoms with Crippen LogP contribution in [0.5, 0.6) is 0 Å². The lowest BCUT2D eigenvalue weighted by Gasteiger charge is -2.29. The van der Waals surface area contributed by atoms with Crippen LogP contribution in [0.1, 0.15) is 0 Å². The summed E-state index contributed by atoms with van der Waals surface area (Å²) in [7, 11) is 3.16. The van der Waals surface area contributed by atoms with Gasteiger partial charge >= 0.3 is 6.03 Å².